The molecular formula is C13H11NO2. The Morgan fingerprint density at radius 2 is 1.94 bits per heavy atom. The molecule has 0 amide bonds. The van der Waals surface area contributed by atoms with Crippen LogP contribution in [0.2, 0.25) is 0 Å². The van der Waals surface area contributed by atoms with Gasteiger partial charge in [-0.25, -0.2) is 0 Å². The van der Waals surface area contributed by atoms with Gasteiger partial charge in [-0.3, -0.25) is 4.98 Å². The van der Waals surface area contributed by atoms with Crippen molar-refractivity contribution in [3.8, 4) is 5.75 Å². The fourth-order valence-corrected chi connectivity index (χ4v) is 1.97. The first-order chi connectivity index (χ1) is 7.86. The summed E-state index contributed by atoms with van der Waals surface area (Å²) < 4.78 is 5.62. The second-order valence-corrected chi connectivity index (χ2v) is 3.77. The Morgan fingerprint density at radius 1 is 1.12 bits per heavy atom. The van der Waals surface area contributed by atoms with Crippen molar-refractivity contribution < 1.29 is 9.84 Å². The molecule has 2 aromatic rings. The molecule has 1 atom stereocenters. The molecule has 1 aliphatic heterocycles. The molecule has 1 aliphatic rings. The Morgan fingerprint density at radius 3 is 2.88 bits per heavy atom. The van der Waals surface area contributed by atoms with Gasteiger partial charge in [0.25, 0.3) is 0 Å². The highest BCUT2D eigenvalue weighted by Gasteiger charge is 2.22. The standard InChI is InChI=1S/C13H11NO2/c15-13-9-5-3-7-14-11(9)8-16-12-6-2-1-4-10(12)13/h1-7,13,15H,8H2. The number of rotatable bonds is 0. The number of aliphatic hydroxyl groups excluding tert-OH is 1. The summed E-state index contributed by atoms with van der Waals surface area (Å²) in [7, 11) is 0. The van der Waals surface area contributed by atoms with Crippen LogP contribution in [0.1, 0.15) is 22.9 Å². The Balaban J connectivity index is 2.18. The van der Waals surface area contributed by atoms with Crippen molar-refractivity contribution in [3.63, 3.8) is 0 Å². The third kappa shape index (κ3) is 1.37. The molecule has 0 spiro atoms. The first kappa shape index (κ1) is 9.36. The summed E-state index contributed by atoms with van der Waals surface area (Å²) in [4.78, 5) is 4.23. The smallest absolute Gasteiger partial charge is 0.131 e. The van der Waals surface area contributed by atoms with Crippen LogP contribution >= 0.6 is 0 Å². The molecule has 0 saturated heterocycles. The van der Waals surface area contributed by atoms with Crippen molar-refractivity contribution in [1.29, 1.82) is 0 Å². The van der Waals surface area contributed by atoms with Gasteiger partial charge < -0.3 is 9.84 Å². The number of fused-ring (bicyclic) bond motifs is 2. The van der Waals surface area contributed by atoms with E-state index in [-0.39, 0.29) is 0 Å². The van der Waals surface area contributed by atoms with Crippen molar-refractivity contribution >= 4 is 0 Å². The molecule has 1 unspecified atom stereocenters. The number of pyridine rings is 1. The molecule has 3 rings (SSSR count). The van der Waals surface area contributed by atoms with Crippen LogP contribution in [0.5, 0.6) is 5.75 Å². The molecule has 0 bridgehead atoms. The van der Waals surface area contributed by atoms with Gasteiger partial charge in [-0.15, -0.1) is 0 Å². The monoisotopic (exact) mass is 213 g/mol. The van der Waals surface area contributed by atoms with Gasteiger partial charge in [-0.1, -0.05) is 24.3 Å². The molecule has 0 fully saturated rings. The molecule has 0 saturated carbocycles. The summed E-state index contributed by atoms with van der Waals surface area (Å²) >= 11 is 0. The molecule has 0 radical (unpaired) electrons. The summed E-state index contributed by atoms with van der Waals surface area (Å²) in [5.41, 5.74) is 2.42. The van der Waals surface area contributed by atoms with Gasteiger partial charge in [0.05, 0.1) is 5.69 Å². The van der Waals surface area contributed by atoms with Crippen LogP contribution in [-0.4, -0.2) is 10.1 Å². The van der Waals surface area contributed by atoms with E-state index in [1.54, 1.807) is 6.20 Å². The molecule has 1 aromatic carbocycles. The number of ether oxygens (including phenoxy) is 1. The van der Waals surface area contributed by atoms with E-state index in [9.17, 15) is 5.11 Å². The largest absolute Gasteiger partial charge is 0.487 e. The van der Waals surface area contributed by atoms with Crippen molar-refractivity contribution in [3.05, 3.63) is 59.4 Å². The molecule has 3 heteroatoms. The molecule has 0 aliphatic carbocycles. The second-order valence-electron chi connectivity index (χ2n) is 3.77. The van der Waals surface area contributed by atoms with E-state index in [1.165, 1.54) is 0 Å². The molecule has 1 N–H and O–H groups in total. The number of aliphatic hydroxyl groups is 1. The van der Waals surface area contributed by atoms with E-state index in [0.29, 0.717) is 6.61 Å². The number of para-hydroxylation sites is 1. The van der Waals surface area contributed by atoms with E-state index in [0.717, 1.165) is 22.6 Å². The van der Waals surface area contributed by atoms with Crippen LogP contribution in [0.3, 0.4) is 0 Å². The van der Waals surface area contributed by atoms with Crippen LogP contribution in [0.4, 0.5) is 0 Å². The third-order valence-corrected chi connectivity index (χ3v) is 2.80. The molecule has 2 heterocycles. The number of benzene rings is 1. The molecule has 80 valence electrons. The quantitative estimate of drug-likeness (QED) is 0.728. The Bertz CT molecular complexity index is 477. The molecular weight excluding hydrogens is 202 g/mol. The number of nitrogens with zero attached hydrogens (tertiary/aromatic N) is 1. The minimum atomic E-state index is -0.651. The van der Waals surface area contributed by atoms with Gasteiger partial charge in [0.15, 0.2) is 0 Å². The van der Waals surface area contributed by atoms with Crippen molar-refractivity contribution in [2.75, 3.05) is 0 Å². The maximum atomic E-state index is 10.3. The zero-order chi connectivity index (χ0) is 11.0. The number of aromatic nitrogens is 1. The van der Waals surface area contributed by atoms with Gasteiger partial charge in [0, 0.05) is 17.3 Å². The predicted molar refractivity (Wildman–Crippen MR) is 59.1 cm³/mol. The van der Waals surface area contributed by atoms with Crippen molar-refractivity contribution in [1.82, 2.24) is 4.98 Å². The average Bonchev–Trinajstić information content (AvgIpc) is 2.49. The predicted octanol–water partition coefficient (Wildman–Crippen LogP) is 2.06. The van der Waals surface area contributed by atoms with Crippen LogP contribution in [0.15, 0.2) is 42.6 Å². The van der Waals surface area contributed by atoms with E-state index in [2.05, 4.69) is 4.98 Å². The summed E-state index contributed by atoms with van der Waals surface area (Å²) in [5, 5.41) is 10.3. The molecule has 16 heavy (non-hydrogen) atoms. The second kappa shape index (κ2) is 3.61. The van der Waals surface area contributed by atoms with Gasteiger partial charge in [-0.05, 0) is 12.1 Å². The molecule has 1 aromatic heterocycles. The lowest BCUT2D eigenvalue weighted by molar-refractivity contribution is 0.218. The lowest BCUT2D eigenvalue weighted by Crippen LogP contribution is -2.02. The van der Waals surface area contributed by atoms with Crippen LogP contribution in [-0.2, 0) is 6.61 Å². The maximum Gasteiger partial charge on any atom is 0.131 e. The highest BCUT2D eigenvalue weighted by atomic mass is 16.5. The van der Waals surface area contributed by atoms with Crippen LogP contribution in [0.25, 0.3) is 0 Å². The highest BCUT2D eigenvalue weighted by Crippen LogP contribution is 2.34. The van der Waals surface area contributed by atoms with E-state index < -0.39 is 6.10 Å². The zero-order valence-electron chi connectivity index (χ0n) is 8.63. The highest BCUT2D eigenvalue weighted by molar-refractivity contribution is 5.43. The lowest BCUT2D eigenvalue weighted by Gasteiger charge is -2.11. The fourth-order valence-electron chi connectivity index (χ4n) is 1.97. The average molecular weight is 213 g/mol. The Labute approximate surface area is 93.3 Å². The first-order valence-electron chi connectivity index (χ1n) is 5.20. The maximum absolute atomic E-state index is 10.3. The van der Waals surface area contributed by atoms with Crippen molar-refractivity contribution in [2.24, 2.45) is 0 Å². The summed E-state index contributed by atoms with van der Waals surface area (Å²) in [6, 6.07) is 11.3. The van der Waals surface area contributed by atoms with Gasteiger partial charge in [-0.2, -0.15) is 0 Å². The van der Waals surface area contributed by atoms with Gasteiger partial charge in [0.2, 0.25) is 0 Å². The number of hydrogen-bond acceptors (Lipinski definition) is 3. The van der Waals surface area contributed by atoms with E-state index in [4.69, 9.17) is 4.74 Å². The normalized spacial score (nSPS) is 17.9. The third-order valence-electron chi connectivity index (χ3n) is 2.80. The van der Waals surface area contributed by atoms with E-state index >= 15 is 0 Å². The minimum Gasteiger partial charge on any atom is -0.487 e. The zero-order valence-corrected chi connectivity index (χ0v) is 8.63. The molecule has 3 nitrogen and oxygen atoms in total. The first-order valence-corrected chi connectivity index (χ1v) is 5.20. The van der Waals surface area contributed by atoms with E-state index in [1.807, 2.05) is 36.4 Å². The summed E-state index contributed by atoms with van der Waals surface area (Å²) in [6.45, 7) is 0.407. The van der Waals surface area contributed by atoms with Crippen LogP contribution < -0.4 is 4.74 Å². The summed E-state index contributed by atoms with van der Waals surface area (Å²) in [5.74, 6) is 0.730. The topological polar surface area (TPSA) is 42.4 Å². The van der Waals surface area contributed by atoms with Crippen LogP contribution in [0, 0.1) is 0 Å². The van der Waals surface area contributed by atoms with Gasteiger partial charge >= 0.3 is 0 Å². The Hall–Kier alpha value is -1.87. The van der Waals surface area contributed by atoms with Crippen molar-refractivity contribution in [2.45, 2.75) is 12.7 Å². The lowest BCUT2D eigenvalue weighted by atomic mass is 10.0. The summed E-state index contributed by atoms with van der Waals surface area (Å²) in [6.07, 6.45) is 1.06. The van der Waals surface area contributed by atoms with Gasteiger partial charge in [0.1, 0.15) is 18.5 Å². The Kier molecular flexibility index (Phi) is 2.11. The fraction of sp³-hybridized carbons (Fsp3) is 0.154. The SMILES string of the molecule is OC1c2ccccc2OCc2ncccc21. The minimum absolute atomic E-state index is 0.407. The number of hydrogen-bond donors (Lipinski definition) is 1.